The van der Waals surface area contributed by atoms with Crippen LogP contribution in [0.1, 0.15) is 56.1 Å². The predicted molar refractivity (Wildman–Crippen MR) is 109 cm³/mol. The Kier molecular flexibility index (Phi) is 5.95. The molecule has 0 aliphatic heterocycles. The van der Waals surface area contributed by atoms with Crippen LogP contribution < -0.4 is 10.6 Å². The van der Waals surface area contributed by atoms with Crippen LogP contribution in [0.4, 0.5) is 5.13 Å². The van der Waals surface area contributed by atoms with E-state index in [4.69, 9.17) is 0 Å². The Bertz CT molecular complexity index is 801. The van der Waals surface area contributed by atoms with Gasteiger partial charge in [-0.3, -0.25) is 14.9 Å². The van der Waals surface area contributed by atoms with Gasteiger partial charge in [0.15, 0.2) is 5.13 Å². The van der Waals surface area contributed by atoms with Crippen molar-refractivity contribution in [3.05, 3.63) is 47.0 Å². The van der Waals surface area contributed by atoms with E-state index in [1.54, 1.807) is 12.1 Å². The highest BCUT2D eigenvalue weighted by Gasteiger charge is 2.32. The lowest BCUT2D eigenvalue weighted by molar-refractivity contribution is -0.121. The maximum absolute atomic E-state index is 12.4. The fourth-order valence-corrected chi connectivity index (χ4v) is 4.81. The van der Waals surface area contributed by atoms with Crippen LogP contribution in [-0.4, -0.2) is 22.8 Å². The molecule has 1 heterocycles. The highest BCUT2D eigenvalue weighted by atomic mass is 32.1. The lowest BCUT2D eigenvalue weighted by Gasteiger charge is -2.39. The summed E-state index contributed by atoms with van der Waals surface area (Å²) in [6.07, 6.45) is 3.49. The number of nitrogens with one attached hydrogen (secondary N) is 2. The summed E-state index contributed by atoms with van der Waals surface area (Å²) < 4.78 is 0. The van der Waals surface area contributed by atoms with Gasteiger partial charge in [-0.25, -0.2) is 4.98 Å². The molecule has 1 fully saturated rings. The van der Waals surface area contributed by atoms with Crippen LogP contribution in [0.5, 0.6) is 0 Å². The molecule has 1 aromatic carbocycles. The first-order valence-electron chi connectivity index (χ1n) is 9.41. The monoisotopic (exact) mass is 385 g/mol. The number of anilines is 1. The fourth-order valence-electron chi connectivity index (χ4n) is 4.10. The van der Waals surface area contributed by atoms with Gasteiger partial charge in [-0.05, 0) is 42.7 Å². The molecule has 2 amide bonds. The van der Waals surface area contributed by atoms with Gasteiger partial charge < -0.3 is 5.32 Å². The molecule has 2 aromatic rings. The summed E-state index contributed by atoms with van der Waals surface area (Å²) in [5.74, 6) is 0.425. The first kappa shape index (κ1) is 19.5. The van der Waals surface area contributed by atoms with E-state index in [9.17, 15) is 9.59 Å². The molecule has 1 aliphatic carbocycles. The zero-order valence-corrected chi connectivity index (χ0v) is 16.9. The normalized spacial score (nSPS) is 21.4. The average molecular weight is 386 g/mol. The second kappa shape index (κ2) is 8.21. The maximum Gasteiger partial charge on any atom is 0.257 e. The summed E-state index contributed by atoms with van der Waals surface area (Å²) in [5.41, 5.74) is 1.54. The van der Waals surface area contributed by atoms with E-state index in [1.807, 2.05) is 23.6 Å². The summed E-state index contributed by atoms with van der Waals surface area (Å²) >= 11 is 1.34. The van der Waals surface area contributed by atoms with Gasteiger partial charge in [-0.15, -0.1) is 11.3 Å². The summed E-state index contributed by atoms with van der Waals surface area (Å²) in [4.78, 5) is 29.0. The molecule has 2 N–H and O–H groups in total. The highest BCUT2D eigenvalue weighted by molar-refractivity contribution is 7.14. The number of hydrogen-bond acceptors (Lipinski definition) is 4. The molecule has 3 rings (SSSR count). The number of amides is 2. The van der Waals surface area contributed by atoms with Crippen molar-refractivity contribution in [2.45, 2.75) is 52.5 Å². The summed E-state index contributed by atoms with van der Waals surface area (Å²) in [5, 5.41) is 8.29. The minimum absolute atomic E-state index is 0.00358. The van der Waals surface area contributed by atoms with Gasteiger partial charge >= 0.3 is 0 Å². The van der Waals surface area contributed by atoms with Gasteiger partial charge in [0, 0.05) is 17.0 Å². The van der Waals surface area contributed by atoms with Crippen molar-refractivity contribution in [1.82, 2.24) is 10.3 Å². The molecule has 144 valence electrons. The number of rotatable bonds is 5. The Hall–Kier alpha value is -2.21. The predicted octanol–water partition coefficient (Wildman–Crippen LogP) is 4.27. The molecule has 1 aromatic heterocycles. The molecule has 1 saturated carbocycles. The zero-order chi connectivity index (χ0) is 19.4. The Morgan fingerprint density at radius 1 is 1.22 bits per heavy atom. The number of carbonyl (C=O) groups is 2. The molecule has 1 aliphatic rings. The standard InChI is InChI=1S/C21H27N3O2S/c1-14-9-16(12-21(2,3)11-14)22-18(25)10-17-13-27-20(23-17)24-19(26)15-7-5-4-6-8-15/h4-8,13-14,16H,9-12H2,1-3H3,(H,22,25)(H,23,24,26). The molecule has 6 heteroatoms. The highest BCUT2D eigenvalue weighted by Crippen LogP contribution is 2.38. The molecule has 0 saturated heterocycles. The third-order valence-electron chi connectivity index (χ3n) is 4.90. The van der Waals surface area contributed by atoms with Gasteiger partial charge in [0.05, 0.1) is 12.1 Å². The van der Waals surface area contributed by atoms with Gasteiger partial charge in [-0.1, -0.05) is 39.0 Å². The van der Waals surface area contributed by atoms with Crippen molar-refractivity contribution in [2.75, 3.05) is 5.32 Å². The molecule has 5 nitrogen and oxygen atoms in total. The Balaban J connectivity index is 1.53. The number of aromatic nitrogens is 1. The van der Waals surface area contributed by atoms with E-state index in [-0.39, 0.29) is 29.7 Å². The number of thiazole rings is 1. The van der Waals surface area contributed by atoms with Crippen LogP contribution in [0.15, 0.2) is 35.7 Å². The topological polar surface area (TPSA) is 71.1 Å². The van der Waals surface area contributed by atoms with E-state index in [0.29, 0.717) is 22.3 Å². The number of nitrogens with zero attached hydrogens (tertiary/aromatic N) is 1. The van der Waals surface area contributed by atoms with Crippen LogP contribution in [0, 0.1) is 11.3 Å². The maximum atomic E-state index is 12.4. The average Bonchev–Trinajstić information content (AvgIpc) is 3.00. The number of hydrogen-bond donors (Lipinski definition) is 2. The van der Waals surface area contributed by atoms with E-state index in [2.05, 4.69) is 36.4 Å². The van der Waals surface area contributed by atoms with Crippen LogP contribution in [-0.2, 0) is 11.2 Å². The van der Waals surface area contributed by atoms with E-state index >= 15 is 0 Å². The van der Waals surface area contributed by atoms with Crippen molar-refractivity contribution < 1.29 is 9.59 Å². The van der Waals surface area contributed by atoms with Crippen LogP contribution in [0.2, 0.25) is 0 Å². The van der Waals surface area contributed by atoms with Gasteiger partial charge in [0.25, 0.3) is 5.91 Å². The minimum Gasteiger partial charge on any atom is -0.353 e. The SMILES string of the molecule is CC1CC(NC(=O)Cc2csc(NC(=O)c3ccccc3)n2)CC(C)(C)C1. The summed E-state index contributed by atoms with van der Waals surface area (Å²) in [6.45, 7) is 6.79. The molecule has 2 atom stereocenters. The molecule has 27 heavy (non-hydrogen) atoms. The quantitative estimate of drug-likeness (QED) is 0.807. The van der Waals surface area contributed by atoms with Crippen molar-refractivity contribution in [3.8, 4) is 0 Å². The first-order chi connectivity index (χ1) is 12.8. The van der Waals surface area contributed by atoms with Crippen LogP contribution >= 0.6 is 11.3 Å². The largest absolute Gasteiger partial charge is 0.353 e. The first-order valence-corrected chi connectivity index (χ1v) is 10.3. The molecule has 0 spiro atoms. The summed E-state index contributed by atoms with van der Waals surface area (Å²) in [7, 11) is 0. The Morgan fingerprint density at radius 3 is 2.67 bits per heavy atom. The third kappa shape index (κ3) is 5.63. The van der Waals surface area contributed by atoms with Crippen LogP contribution in [0.3, 0.4) is 0 Å². The lowest BCUT2D eigenvalue weighted by Crippen LogP contribution is -2.43. The number of benzene rings is 1. The van der Waals surface area contributed by atoms with E-state index < -0.39 is 0 Å². The lowest BCUT2D eigenvalue weighted by atomic mass is 9.70. The summed E-state index contributed by atoms with van der Waals surface area (Å²) in [6, 6.07) is 9.24. The van der Waals surface area contributed by atoms with Crippen molar-refractivity contribution in [3.63, 3.8) is 0 Å². The van der Waals surface area contributed by atoms with Gasteiger partial charge in [0.2, 0.25) is 5.91 Å². The smallest absolute Gasteiger partial charge is 0.257 e. The Labute approximate surface area is 164 Å². The third-order valence-corrected chi connectivity index (χ3v) is 5.71. The van der Waals surface area contributed by atoms with E-state index in [1.165, 1.54) is 17.8 Å². The second-order valence-electron chi connectivity index (χ2n) is 8.32. The second-order valence-corrected chi connectivity index (χ2v) is 9.18. The van der Waals surface area contributed by atoms with Gasteiger partial charge in [-0.2, -0.15) is 0 Å². The fraction of sp³-hybridized carbons (Fsp3) is 0.476. The zero-order valence-electron chi connectivity index (χ0n) is 16.1. The van der Waals surface area contributed by atoms with Gasteiger partial charge in [0.1, 0.15) is 0 Å². The minimum atomic E-state index is -0.195. The molecule has 0 radical (unpaired) electrons. The van der Waals surface area contributed by atoms with Crippen molar-refractivity contribution >= 4 is 28.3 Å². The van der Waals surface area contributed by atoms with E-state index in [0.717, 1.165) is 12.8 Å². The molecular weight excluding hydrogens is 358 g/mol. The Morgan fingerprint density at radius 2 is 1.96 bits per heavy atom. The molecule has 0 bridgehead atoms. The van der Waals surface area contributed by atoms with Crippen molar-refractivity contribution in [2.24, 2.45) is 11.3 Å². The molecule has 2 unspecified atom stereocenters. The number of carbonyl (C=O) groups excluding carboxylic acids is 2. The van der Waals surface area contributed by atoms with Crippen LogP contribution in [0.25, 0.3) is 0 Å². The molecular formula is C21H27N3O2S. The van der Waals surface area contributed by atoms with Crippen molar-refractivity contribution in [1.29, 1.82) is 0 Å².